The first kappa shape index (κ1) is 7.94. The Hall–Kier alpha value is -0.680. The van der Waals surface area contributed by atoms with Gasteiger partial charge in [-0.25, -0.2) is 0 Å². The number of allylic oxidation sites excluding steroid dienone is 1. The molecule has 0 amide bonds. The molecule has 2 aliphatic rings. The zero-order chi connectivity index (χ0) is 8.39. The van der Waals surface area contributed by atoms with Gasteiger partial charge in [0.1, 0.15) is 12.4 Å². The normalized spacial score (nSPS) is 37.6. The van der Waals surface area contributed by atoms with Gasteiger partial charge >= 0.3 is 0 Å². The van der Waals surface area contributed by atoms with Gasteiger partial charge in [-0.15, -0.1) is 0 Å². The van der Waals surface area contributed by atoms with Crippen LogP contribution in [0, 0.1) is 11.8 Å². The summed E-state index contributed by atoms with van der Waals surface area (Å²) in [6.07, 6.45) is 9.65. The maximum Gasteiger partial charge on any atom is 0.125 e. The van der Waals surface area contributed by atoms with Crippen molar-refractivity contribution in [2.24, 2.45) is 11.8 Å². The quantitative estimate of drug-likeness (QED) is 0.450. The molecule has 0 N–H and O–H groups in total. The molecule has 0 aromatic carbocycles. The minimum atomic E-state index is 0.510. The number of rotatable bonds is 2. The van der Waals surface area contributed by atoms with Gasteiger partial charge in [0.05, 0.1) is 0 Å². The van der Waals surface area contributed by atoms with Gasteiger partial charge in [0, 0.05) is 0 Å². The molecule has 3 atom stereocenters. The van der Waals surface area contributed by atoms with Crippen LogP contribution < -0.4 is 0 Å². The van der Waals surface area contributed by atoms with Crippen LogP contribution in [0.1, 0.15) is 32.6 Å². The minimum Gasteiger partial charge on any atom is -0.490 e. The zero-order valence-corrected chi connectivity index (χ0v) is 7.62. The van der Waals surface area contributed by atoms with Gasteiger partial charge in [-0.1, -0.05) is 5.73 Å². The predicted octanol–water partition coefficient (Wildman–Crippen LogP) is 2.88. The summed E-state index contributed by atoms with van der Waals surface area (Å²) in [7, 11) is 0. The Kier molecular flexibility index (Phi) is 2.23. The third-order valence-electron chi connectivity index (χ3n) is 3.15. The van der Waals surface area contributed by atoms with Crippen molar-refractivity contribution in [3.63, 3.8) is 0 Å². The fraction of sp³-hybridized carbons (Fsp3) is 0.727. The standard InChI is InChI=1S/C11H16O/c1-2-3-6-12-11-8-9-4-5-10(11)7-9/h2,6,9-11H,4-5,7-8H2,1H3. The molecule has 3 unspecified atom stereocenters. The average Bonchev–Trinajstić information content (AvgIpc) is 2.65. The highest BCUT2D eigenvalue weighted by atomic mass is 16.5. The molecule has 0 heterocycles. The molecule has 2 fully saturated rings. The van der Waals surface area contributed by atoms with E-state index in [0.29, 0.717) is 6.10 Å². The minimum absolute atomic E-state index is 0.510. The number of ether oxygens (including phenoxy) is 1. The maximum atomic E-state index is 5.61. The Morgan fingerprint density at radius 3 is 2.83 bits per heavy atom. The topological polar surface area (TPSA) is 9.23 Å². The van der Waals surface area contributed by atoms with Crippen LogP contribution in [-0.4, -0.2) is 6.10 Å². The maximum absolute atomic E-state index is 5.61. The first-order valence-electron chi connectivity index (χ1n) is 4.91. The summed E-state index contributed by atoms with van der Waals surface area (Å²) in [6.45, 7) is 1.96. The van der Waals surface area contributed by atoms with Crippen LogP contribution in [0.5, 0.6) is 0 Å². The van der Waals surface area contributed by atoms with Crippen molar-refractivity contribution < 1.29 is 4.74 Å². The molecule has 1 heteroatoms. The molecular formula is C11H16O. The smallest absolute Gasteiger partial charge is 0.125 e. The van der Waals surface area contributed by atoms with E-state index in [9.17, 15) is 0 Å². The Balaban J connectivity index is 1.87. The van der Waals surface area contributed by atoms with Crippen LogP contribution in [0.2, 0.25) is 0 Å². The predicted molar refractivity (Wildman–Crippen MR) is 48.6 cm³/mol. The van der Waals surface area contributed by atoms with E-state index in [1.165, 1.54) is 25.7 Å². The largest absolute Gasteiger partial charge is 0.490 e. The second-order valence-corrected chi connectivity index (χ2v) is 3.92. The summed E-state index contributed by atoms with van der Waals surface area (Å²) in [5.74, 6) is 1.82. The van der Waals surface area contributed by atoms with E-state index in [4.69, 9.17) is 4.74 Å². The monoisotopic (exact) mass is 164 g/mol. The van der Waals surface area contributed by atoms with Crippen molar-refractivity contribution in [1.29, 1.82) is 0 Å². The average molecular weight is 164 g/mol. The van der Waals surface area contributed by atoms with Crippen molar-refractivity contribution in [2.75, 3.05) is 0 Å². The highest BCUT2D eigenvalue weighted by molar-refractivity contribution is 4.92. The van der Waals surface area contributed by atoms with E-state index in [1.807, 2.05) is 13.0 Å². The van der Waals surface area contributed by atoms with Crippen LogP contribution in [0.15, 0.2) is 18.1 Å². The fourth-order valence-electron chi connectivity index (χ4n) is 2.55. The zero-order valence-electron chi connectivity index (χ0n) is 7.62. The van der Waals surface area contributed by atoms with Crippen molar-refractivity contribution in [3.8, 4) is 0 Å². The molecule has 0 aliphatic heterocycles. The molecule has 66 valence electrons. The molecule has 1 nitrogen and oxygen atoms in total. The summed E-state index contributed by atoms with van der Waals surface area (Å²) in [5, 5.41) is 0. The summed E-state index contributed by atoms with van der Waals surface area (Å²) < 4.78 is 5.61. The van der Waals surface area contributed by atoms with Gasteiger partial charge in [0.15, 0.2) is 0 Å². The molecule has 0 aromatic heterocycles. The molecule has 2 rings (SSSR count). The lowest BCUT2D eigenvalue weighted by atomic mass is 9.98. The Morgan fingerprint density at radius 1 is 1.33 bits per heavy atom. The molecule has 0 aromatic rings. The number of fused-ring (bicyclic) bond motifs is 2. The fourth-order valence-corrected chi connectivity index (χ4v) is 2.55. The van der Waals surface area contributed by atoms with Gasteiger partial charge in [-0.05, 0) is 50.5 Å². The summed E-state index contributed by atoms with van der Waals surface area (Å²) in [4.78, 5) is 0. The van der Waals surface area contributed by atoms with Crippen molar-refractivity contribution in [3.05, 3.63) is 18.1 Å². The van der Waals surface area contributed by atoms with Crippen molar-refractivity contribution in [1.82, 2.24) is 0 Å². The molecular weight excluding hydrogens is 148 g/mol. The van der Waals surface area contributed by atoms with E-state index >= 15 is 0 Å². The van der Waals surface area contributed by atoms with Gasteiger partial charge in [0.25, 0.3) is 0 Å². The summed E-state index contributed by atoms with van der Waals surface area (Å²) in [5.41, 5.74) is 2.96. The van der Waals surface area contributed by atoms with E-state index < -0.39 is 0 Å². The van der Waals surface area contributed by atoms with Crippen LogP contribution in [0.3, 0.4) is 0 Å². The van der Waals surface area contributed by atoms with Gasteiger partial charge in [-0.2, -0.15) is 0 Å². The van der Waals surface area contributed by atoms with E-state index in [-0.39, 0.29) is 0 Å². The molecule has 2 saturated carbocycles. The highest BCUT2D eigenvalue weighted by Crippen LogP contribution is 2.45. The Bertz CT molecular complexity index is 213. The lowest BCUT2D eigenvalue weighted by molar-refractivity contribution is 0.0913. The lowest BCUT2D eigenvalue weighted by Crippen LogP contribution is -2.17. The SMILES string of the molecule is CC=C=COC1CC2CCC1C2. The lowest BCUT2D eigenvalue weighted by Gasteiger charge is -2.20. The first-order chi connectivity index (χ1) is 5.90. The molecule has 2 bridgehead atoms. The third-order valence-corrected chi connectivity index (χ3v) is 3.15. The second kappa shape index (κ2) is 3.37. The Labute approximate surface area is 74.1 Å². The summed E-state index contributed by atoms with van der Waals surface area (Å²) >= 11 is 0. The first-order valence-corrected chi connectivity index (χ1v) is 4.91. The molecule has 12 heavy (non-hydrogen) atoms. The third kappa shape index (κ3) is 1.42. The molecule has 0 saturated heterocycles. The second-order valence-electron chi connectivity index (χ2n) is 3.92. The molecule has 0 spiro atoms. The van der Waals surface area contributed by atoms with Gasteiger partial charge in [0.2, 0.25) is 0 Å². The van der Waals surface area contributed by atoms with Crippen LogP contribution >= 0.6 is 0 Å². The summed E-state index contributed by atoms with van der Waals surface area (Å²) in [6, 6.07) is 0. The van der Waals surface area contributed by atoms with Gasteiger partial charge < -0.3 is 4.74 Å². The van der Waals surface area contributed by atoms with Crippen LogP contribution in [0.25, 0.3) is 0 Å². The van der Waals surface area contributed by atoms with E-state index in [0.717, 1.165) is 11.8 Å². The molecule has 2 aliphatic carbocycles. The van der Waals surface area contributed by atoms with E-state index in [1.54, 1.807) is 6.26 Å². The van der Waals surface area contributed by atoms with Crippen molar-refractivity contribution >= 4 is 0 Å². The van der Waals surface area contributed by atoms with Crippen molar-refractivity contribution in [2.45, 2.75) is 38.7 Å². The molecule has 0 radical (unpaired) electrons. The van der Waals surface area contributed by atoms with E-state index in [2.05, 4.69) is 5.73 Å². The Morgan fingerprint density at radius 2 is 2.25 bits per heavy atom. The number of hydrogen-bond donors (Lipinski definition) is 0. The number of hydrogen-bond acceptors (Lipinski definition) is 1. The highest BCUT2D eigenvalue weighted by Gasteiger charge is 2.40. The van der Waals surface area contributed by atoms with Crippen LogP contribution in [-0.2, 0) is 4.74 Å². The van der Waals surface area contributed by atoms with Crippen LogP contribution in [0.4, 0.5) is 0 Å². The van der Waals surface area contributed by atoms with Gasteiger partial charge in [-0.3, -0.25) is 0 Å².